The zero-order valence-corrected chi connectivity index (χ0v) is 12.9. The minimum Gasteiger partial charge on any atom is -0.399 e. The molecule has 96 valence electrons. The van der Waals surface area contributed by atoms with E-state index in [1.54, 1.807) is 6.92 Å². The number of hydrogen-bond donors (Lipinski definition) is 3. The van der Waals surface area contributed by atoms with Gasteiger partial charge >= 0.3 is 0 Å². The van der Waals surface area contributed by atoms with Crippen LogP contribution in [0.15, 0.2) is 26.0 Å². The Morgan fingerprint density at radius 2 is 1.88 bits per heavy atom. The van der Waals surface area contributed by atoms with Gasteiger partial charge in [0.05, 0.1) is 6.61 Å². The molecule has 0 saturated heterocycles. The Morgan fingerprint density at radius 1 is 1.41 bits per heavy atom. The fourth-order valence-corrected chi connectivity index (χ4v) is 5.05. The number of aliphatic hydroxyl groups excluding tert-OH is 1. The molecule has 0 unspecified atom stereocenters. The van der Waals surface area contributed by atoms with Crippen molar-refractivity contribution in [1.82, 2.24) is 4.72 Å². The molecule has 0 bridgehead atoms. The van der Waals surface area contributed by atoms with Gasteiger partial charge in [-0.2, -0.15) is 0 Å². The Balaban J connectivity index is 3.25. The Morgan fingerprint density at radius 3 is 2.29 bits per heavy atom. The Labute approximate surface area is 117 Å². The molecule has 0 heterocycles. The van der Waals surface area contributed by atoms with Crippen molar-refractivity contribution >= 4 is 47.6 Å². The van der Waals surface area contributed by atoms with Crippen LogP contribution in [0, 0.1) is 0 Å². The van der Waals surface area contributed by atoms with Gasteiger partial charge in [-0.15, -0.1) is 0 Å². The number of halogens is 2. The third kappa shape index (κ3) is 3.65. The molecule has 0 aliphatic carbocycles. The Hall–Kier alpha value is -0.150. The van der Waals surface area contributed by atoms with Crippen LogP contribution in [0.25, 0.3) is 0 Å². The lowest BCUT2D eigenvalue weighted by Gasteiger charge is -2.14. The van der Waals surface area contributed by atoms with E-state index >= 15 is 0 Å². The highest BCUT2D eigenvalue weighted by Crippen LogP contribution is 2.32. The van der Waals surface area contributed by atoms with Crippen LogP contribution in [-0.2, 0) is 10.0 Å². The van der Waals surface area contributed by atoms with Gasteiger partial charge < -0.3 is 10.8 Å². The molecule has 0 aliphatic heterocycles. The number of aliphatic hydroxyl groups is 1. The van der Waals surface area contributed by atoms with Gasteiger partial charge in [0.25, 0.3) is 0 Å². The summed E-state index contributed by atoms with van der Waals surface area (Å²) in [4.78, 5) is 0.0620. The largest absolute Gasteiger partial charge is 0.399 e. The summed E-state index contributed by atoms with van der Waals surface area (Å²) < 4.78 is 27.1. The zero-order valence-electron chi connectivity index (χ0n) is 8.94. The van der Waals surface area contributed by atoms with Crippen LogP contribution < -0.4 is 10.5 Å². The van der Waals surface area contributed by atoms with Gasteiger partial charge in [-0.05, 0) is 50.9 Å². The van der Waals surface area contributed by atoms with E-state index in [1.807, 2.05) is 0 Å². The second-order valence-electron chi connectivity index (χ2n) is 3.52. The van der Waals surface area contributed by atoms with Crippen molar-refractivity contribution in [3.8, 4) is 0 Å². The van der Waals surface area contributed by atoms with Gasteiger partial charge in [0.1, 0.15) is 4.90 Å². The number of nitrogens with one attached hydrogen (secondary N) is 1. The number of benzene rings is 1. The number of nitrogen functional groups attached to an aromatic ring is 1. The highest BCUT2D eigenvalue weighted by atomic mass is 79.9. The Bertz CT molecular complexity index is 496. The standard InChI is InChI=1S/C9H12Br2N2O3S/c1-5(4-14)13-17(15,16)9-7(10)2-6(12)3-8(9)11/h2-3,5,13-14H,4,12H2,1H3/t5-/m0/s1. The second kappa shape index (κ2) is 5.66. The number of nitrogens with two attached hydrogens (primary N) is 1. The molecule has 0 saturated carbocycles. The summed E-state index contributed by atoms with van der Waals surface area (Å²) >= 11 is 6.31. The van der Waals surface area contributed by atoms with E-state index < -0.39 is 16.1 Å². The lowest BCUT2D eigenvalue weighted by Crippen LogP contribution is -2.35. The summed E-state index contributed by atoms with van der Waals surface area (Å²) in [6, 6.07) is 2.45. The predicted octanol–water partition coefficient (Wildman–Crippen LogP) is 1.45. The molecule has 4 N–H and O–H groups in total. The molecule has 0 amide bonds. The monoisotopic (exact) mass is 386 g/mol. The van der Waals surface area contributed by atoms with Crippen LogP contribution in [0.4, 0.5) is 5.69 Å². The molecule has 1 aromatic carbocycles. The first-order valence-electron chi connectivity index (χ1n) is 4.65. The summed E-state index contributed by atoms with van der Waals surface area (Å²) in [6.45, 7) is 1.29. The molecule has 17 heavy (non-hydrogen) atoms. The first kappa shape index (κ1) is 14.9. The van der Waals surface area contributed by atoms with Crippen molar-refractivity contribution in [2.45, 2.75) is 17.9 Å². The van der Waals surface area contributed by atoms with Crippen LogP contribution in [0.2, 0.25) is 0 Å². The van der Waals surface area contributed by atoms with Crippen molar-refractivity contribution in [3.05, 3.63) is 21.1 Å². The van der Waals surface area contributed by atoms with Gasteiger partial charge in [0.2, 0.25) is 10.0 Å². The molecule has 1 aromatic rings. The molecule has 1 atom stereocenters. The first-order valence-corrected chi connectivity index (χ1v) is 7.72. The summed E-state index contributed by atoms with van der Waals surface area (Å²) in [5.74, 6) is 0. The normalized spacial score (nSPS) is 13.6. The predicted molar refractivity (Wildman–Crippen MR) is 73.1 cm³/mol. The van der Waals surface area contributed by atoms with Crippen molar-refractivity contribution in [1.29, 1.82) is 0 Å². The average Bonchev–Trinajstić information content (AvgIpc) is 2.14. The van der Waals surface area contributed by atoms with Gasteiger partial charge in [0, 0.05) is 20.7 Å². The summed E-state index contributed by atoms with van der Waals surface area (Å²) in [5.41, 5.74) is 6.03. The number of anilines is 1. The first-order chi connectivity index (χ1) is 7.77. The van der Waals surface area contributed by atoms with Crippen molar-refractivity contribution in [2.24, 2.45) is 0 Å². The molecule has 8 heteroatoms. The van der Waals surface area contributed by atoms with E-state index in [-0.39, 0.29) is 11.5 Å². The Kier molecular flexibility index (Phi) is 4.96. The zero-order chi connectivity index (χ0) is 13.2. The smallest absolute Gasteiger partial charge is 0.243 e. The molecular formula is C9H12Br2N2O3S. The van der Waals surface area contributed by atoms with Crippen molar-refractivity contribution in [2.75, 3.05) is 12.3 Å². The molecule has 0 radical (unpaired) electrons. The molecular weight excluding hydrogens is 376 g/mol. The maximum Gasteiger partial charge on any atom is 0.243 e. The molecule has 0 aliphatic rings. The molecule has 0 spiro atoms. The van der Waals surface area contributed by atoms with E-state index in [4.69, 9.17) is 10.8 Å². The fraction of sp³-hybridized carbons (Fsp3) is 0.333. The SMILES string of the molecule is C[C@@H](CO)NS(=O)(=O)c1c(Br)cc(N)cc1Br. The van der Waals surface area contributed by atoms with E-state index in [1.165, 1.54) is 12.1 Å². The summed E-state index contributed by atoms with van der Waals surface area (Å²) in [5, 5.41) is 8.86. The quantitative estimate of drug-likeness (QED) is 0.681. The number of rotatable bonds is 4. The van der Waals surface area contributed by atoms with Crippen LogP contribution in [-0.4, -0.2) is 26.2 Å². The third-order valence-electron chi connectivity index (χ3n) is 1.92. The minimum atomic E-state index is -3.71. The summed E-state index contributed by atoms with van der Waals surface area (Å²) in [7, 11) is -3.71. The van der Waals surface area contributed by atoms with Crippen LogP contribution >= 0.6 is 31.9 Å². The van der Waals surface area contributed by atoms with Crippen LogP contribution in [0.3, 0.4) is 0 Å². The lowest BCUT2D eigenvalue weighted by atomic mass is 10.3. The van der Waals surface area contributed by atoms with Crippen molar-refractivity contribution in [3.63, 3.8) is 0 Å². The van der Waals surface area contributed by atoms with Crippen molar-refractivity contribution < 1.29 is 13.5 Å². The minimum absolute atomic E-state index is 0.0620. The molecule has 5 nitrogen and oxygen atoms in total. The maximum absolute atomic E-state index is 12.0. The second-order valence-corrected chi connectivity index (χ2v) is 6.88. The number of sulfonamides is 1. The molecule has 0 fully saturated rings. The average molecular weight is 388 g/mol. The molecule has 1 rings (SSSR count). The lowest BCUT2D eigenvalue weighted by molar-refractivity contribution is 0.265. The number of hydrogen-bond acceptors (Lipinski definition) is 4. The molecule has 0 aromatic heterocycles. The van der Waals surface area contributed by atoms with E-state index in [9.17, 15) is 8.42 Å². The fourth-order valence-electron chi connectivity index (χ4n) is 1.20. The van der Waals surface area contributed by atoms with E-state index in [0.717, 1.165) is 0 Å². The van der Waals surface area contributed by atoms with Gasteiger partial charge in [0.15, 0.2) is 0 Å². The van der Waals surface area contributed by atoms with Gasteiger partial charge in [-0.3, -0.25) is 0 Å². The highest BCUT2D eigenvalue weighted by molar-refractivity contribution is 9.11. The maximum atomic E-state index is 12.0. The van der Waals surface area contributed by atoms with Gasteiger partial charge in [-0.25, -0.2) is 13.1 Å². The van der Waals surface area contributed by atoms with E-state index in [2.05, 4.69) is 36.6 Å². The third-order valence-corrected chi connectivity index (χ3v) is 5.39. The van der Waals surface area contributed by atoms with E-state index in [0.29, 0.717) is 14.6 Å². The highest BCUT2D eigenvalue weighted by Gasteiger charge is 2.23. The van der Waals surface area contributed by atoms with Crippen LogP contribution in [0.5, 0.6) is 0 Å². The van der Waals surface area contributed by atoms with Crippen LogP contribution in [0.1, 0.15) is 6.92 Å². The summed E-state index contributed by atoms with van der Waals surface area (Å²) in [6.07, 6.45) is 0. The topological polar surface area (TPSA) is 92.4 Å². The van der Waals surface area contributed by atoms with Gasteiger partial charge in [-0.1, -0.05) is 0 Å².